The predicted octanol–water partition coefficient (Wildman–Crippen LogP) is 1.74. The maximum Gasteiger partial charge on any atom is 0.250 e. The molecule has 0 fully saturated rings. The molecule has 0 amide bonds. The third-order valence-electron chi connectivity index (χ3n) is 2.94. The maximum atomic E-state index is 4.40. The average molecular weight is 290 g/mol. The first kappa shape index (κ1) is 12.3. The number of rotatable bonds is 3. The molecule has 8 nitrogen and oxygen atoms in total. The summed E-state index contributed by atoms with van der Waals surface area (Å²) in [5.41, 5.74) is 2.12. The Morgan fingerprint density at radius 3 is 2.68 bits per heavy atom. The molecule has 0 aliphatic carbocycles. The number of anilines is 2. The van der Waals surface area contributed by atoms with Gasteiger partial charge in [0.15, 0.2) is 5.65 Å². The van der Waals surface area contributed by atoms with Crippen molar-refractivity contribution in [2.45, 2.75) is 0 Å². The molecular weight excluding hydrogens is 280 g/mol. The fraction of sp³-hybridized carbons (Fsp3) is 0. The summed E-state index contributed by atoms with van der Waals surface area (Å²) in [6.45, 7) is 0. The zero-order valence-corrected chi connectivity index (χ0v) is 11.3. The Bertz CT molecular complexity index is 918. The van der Waals surface area contributed by atoms with Gasteiger partial charge in [0.25, 0.3) is 0 Å². The molecule has 4 rings (SSSR count). The zero-order valence-electron chi connectivity index (χ0n) is 11.3. The number of nitrogens with one attached hydrogen (secondary N) is 1. The Hall–Kier alpha value is -3.42. The van der Waals surface area contributed by atoms with Crippen molar-refractivity contribution in [1.29, 1.82) is 0 Å². The van der Waals surface area contributed by atoms with Gasteiger partial charge in [0.2, 0.25) is 5.95 Å². The van der Waals surface area contributed by atoms with Gasteiger partial charge in [-0.3, -0.25) is 4.98 Å². The van der Waals surface area contributed by atoms with Crippen LogP contribution < -0.4 is 5.32 Å². The van der Waals surface area contributed by atoms with Crippen molar-refractivity contribution in [2.75, 3.05) is 5.32 Å². The quantitative estimate of drug-likeness (QED) is 0.614. The molecule has 0 aromatic carbocycles. The molecule has 4 aromatic heterocycles. The number of aromatic nitrogens is 7. The minimum atomic E-state index is 0.507. The van der Waals surface area contributed by atoms with Crippen molar-refractivity contribution in [1.82, 2.24) is 34.7 Å². The summed E-state index contributed by atoms with van der Waals surface area (Å²) in [6, 6.07) is 5.46. The Morgan fingerprint density at radius 2 is 1.77 bits per heavy atom. The predicted molar refractivity (Wildman–Crippen MR) is 79.8 cm³/mol. The monoisotopic (exact) mass is 290 g/mol. The van der Waals surface area contributed by atoms with Crippen molar-refractivity contribution < 1.29 is 0 Å². The van der Waals surface area contributed by atoms with Gasteiger partial charge in [-0.05, 0) is 18.2 Å². The molecule has 4 heterocycles. The van der Waals surface area contributed by atoms with Crippen LogP contribution in [0.2, 0.25) is 0 Å². The molecule has 0 saturated heterocycles. The molecule has 0 aliphatic rings. The molecule has 0 saturated carbocycles. The highest BCUT2D eigenvalue weighted by molar-refractivity contribution is 5.72. The Balaban J connectivity index is 1.61. The summed E-state index contributed by atoms with van der Waals surface area (Å²) in [7, 11) is 0. The topological polar surface area (TPSA) is 94.3 Å². The molecule has 22 heavy (non-hydrogen) atoms. The molecule has 8 heteroatoms. The van der Waals surface area contributed by atoms with E-state index in [1.807, 2.05) is 12.1 Å². The number of hydrogen-bond donors (Lipinski definition) is 1. The lowest BCUT2D eigenvalue weighted by atomic mass is 10.4. The van der Waals surface area contributed by atoms with E-state index in [1.54, 1.807) is 47.9 Å². The van der Waals surface area contributed by atoms with Crippen LogP contribution in [0.3, 0.4) is 0 Å². The first-order chi connectivity index (χ1) is 10.9. The standard InChI is InChI=1S/C14H10N8/c1-4-17-14(18-5-1)22-9-10(8-19-22)20-12-3-2-11-13(21-12)16-7-6-15-11/h1-9H,(H,16,20,21). The molecule has 4 aromatic rings. The molecule has 106 valence electrons. The van der Waals surface area contributed by atoms with Gasteiger partial charge >= 0.3 is 0 Å². The lowest BCUT2D eigenvalue weighted by Gasteiger charge is -2.03. The number of nitrogens with zero attached hydrogens (tertiary/aromatic N) is 7. The van der Waals surface area contributed by atoms with Crippen molar-refractivity contribution in [2.24, 2.45) is 0 Å². The smallest absolute Gasteiger partial charge is 0.250 e. The molecule has 0 atom stereocenters. The van der Waals surface area contributed by atoms with Gasteiger partial charge in [-0.2, -0.15) is 5.10 Å². The van der Waals surface area contributed by atoms with E-state index < -0.39 is 0 Å². The van der Waals surface area contributed by atoms with Crippen molar-refractivity contribution >= 4 is 22.7 Å². The third-order valence-corrected chi connectivity index (χ3v) is 2.94. The molecule has 0 spiro atoms. The van der Waals surface area contributed by atoms with Gasteiger partial charge < -0.3 is 5.32 Å². The molecule has 0 radical (unpaired) electrons. The Kier molecular flexibility index (Phi) is 2.90. The van der Waals surface area contributed by atoms with Crippen LogP contribution in [0.25, 0.3) is 17.1 Å². The molecule has 1 N–H and O–H groups in total. The van der Waals surface area contributed by atoms with Gasteiger partial charge in [-0.25, -0.2) is 24.6 Å². The third kappa shape index (κ3) is 2.33. The van der Waals surface area contributed by atoms with Crippen molar-refractivity contribution in [3.8, 4) is 5.95 Å². The number of fused-ring (bicyclic) bond motifs is 1. The SMILES string of the molecule is c1cnc(-n2cc(Nc3ccc4nccnc4n3)cn2)nc1. The summed E-state index contributed by atoms with van der Waals surface area (Å²) in [5, 5.41) is 7.39. The zero-order chi connectivity index (χ0) is 14.8. The van der Waals surface area contributed by atoms with Crippen molar-refractivity contribution in [3.63, 3.8) is 0 Å². The highest BCUT2D eigenvalue weighted by atomic mass is 15.3. The van der Waals surface area contributed by atoms with Crippen LogP contribution in [0.15, 0.2) is 55.4 Å². The van der Waals surface area contributed by atoms with E-state index in [-0.39, 0.29) is 0 Å². The summed E-state index contributed by atoms with van der Waals surface area (Å²) in [6.07, 6.45) is 10.1. The number of pyridine rings is 1. The second-order valence-electron chi connectivity index (χ2n) is 4.44. The molecule has 0 aliphatic heterocycles. The summed E-state index contributed by atoms with van der Waals surface area (Å²) in [4.78, 5) is 21.0. The van der Waals surface area contributed by atoms with Crippen LogP contribution in [0.1, 0.15) is 0 Å². The van der Waals surface area contributed by atoms with Crippen LogP contribution in [-0.4, -0.2) is 34.7 Å². The van der Waals surface area contributed by atoms with Crippen LogP contribution in [0.4, 0.5) is 11.5 Å². The van der Waals surface area contributed by atoms with Gasteiger partial charge in [0.1, 0.15) is 11.3 Å². The van der Waals surface area contributed by atoms with Gasteiger partial charge in [0, 0.05) is 24.8 Å². The van der Waals surface area contributed by atoms with Crippen molar-refractivity contribution in [3.05, 3.63) is 55.4 Å². The average Bonchev–Trinajstić information content (AvgIpc) is 3.04. The van der Waals surface area contributed by atoms with E-state index in [9.17, 15) is 0 Å². The highest BCUT2D eigenvalue weighted by Crippen LogP contribution is 2.16. The molecular formula is C14H10N8. The van der Waals surface area contributed by atoms with E-state index in [1.165, 1.54) is 0 Å². The van der Waals surface area contributed by atoms with Crippen LogP contribution in [-0.2, 0) is 0 Å². The maximum absolute atomic E-state index is 4.40. The van der Waals surface area contributed by atoms with Crippen LogP contribution in [0, 0.1) is 0 Å². The lowest BCUT2D eigenvalue weighted by Crippen LogP contribution is -1.99. The van der Waals surface area contributed by atoms with Crippen LogP contribution >= 0.6 is 0 Å². The lowest BCUT2D eigenvalue weighted by molar-refractivity contribution is 0.808. The van der Waals surface area contributed by atoms with Crippen LogP contribution in [0.5, 0.6) is 0 Å². The number of hydrogen-bond acceptors (Lipinski definition) is 7. The van der Waals surface area contributed by atoms with E-state index in [0.29, 0.717) is 17.4 Å². The fourth-order valence-electron chi connectivity index (χ4n) is 1.98. The Labute approximate surface area is 124 Å². The first-order valence-corrected chi connectivity index (χ1v) is 6.55. The Morgan fingerprint density at radius 1 is 0.909 bits per heavy atom. The summed E-state index contributed by atoms with van der Waals surface area (Å²) >= 11 is 0. The fourth-order valence-corrected chi connectivity index (χ4v) is 1.98. The van der Waals surface area contributed by atoms with E-state index in [0.717, 1.165) is 11.2 Å². The van der Waals surface area contributed by atoms with E-state index in [2.05, 4.69) is 35.3 Å². The first-order valence-electron chi connectivity index (χ1n) is 6.55. The summed E-state index contributed by atoms with van der Waals surface area (Å²) in [5.74, 6) is 1.18. The minimum absolute atomic E-state index is 0.507. The second-order valence-corrected chi connectivity index (χ2v) is 4.44. The normalized spacial score (nSPS) is 10.7. The molecule has 0 unspecified atom stereocenters. The molecule has 0 bridgehead atoms. The summed E-state index contributed by atoms with van der Waals surface area (Å²) < 4.78 is 1.59. The van der Waals surface area contributed by atoms with Gasteiger partial charge in [0.05, 0.1) is 18.1 Å². The second kappa shape index (κ2) is 5.17. The van der Waals surface area contributed by atoms with Gasteiger partial charge in [-0.15, -0.1) is 0 Å². The largest absolute Gasteiger partial charge is 0.338 e. The highest BCUT2D eigenvalue weighted by Gasteiger charge is 2.05. The minimum Gasteiger partial charge on any atom is -0.338 e. The van der Waals surface area contributed by atoms with E-state index in [4.69, 9.17) is 0 Å². The van der Waals surface area contributed by atoms with E-state index >= 15 is 0 Å². The van der Waals surface area contributed by atoms with Gasteiger partial charge in [-0.1, -0.05) is 0 Å².